The van der Waals surface area contributed by atoms with E-state index in [1.165, 1.54) is 5.56 Å². The maximum Gasteiger partial charge on any atom is 0.0314 e. The molecule has 0 aliphatic heterocycles. The summed E-state index contributed by atoms with van der Waals surface area (Å²) < 4.78 is 0. The van der Waals surface area contributed by atoms with Gasteiger partial charge in [-0.3, -0.25) is 0 Å². The summed E-state index contributed by atoms with van der Waals surface area (Å²) in [5.74, 6) is 0. The Morgan fingerprint density at radius 1 is 0.929 bits per heavy atom. The second-order valence-corrected chi connectivity index (χ2v) is 2.10. The Labute approximate surface area is 114 Å². The maximum atomic E-state index is 5.48. The molecule has 1 aromatic carbocycles. The van der Waals surface area contributed by atoms with Crippen LogP contribution in [0.1, 0.15) is 40.2 Å². The Balaban J connectivity index is -0.000000216. The summed E-state index contributed by atoms with van der Waals surface area (Å²) in [6.45, 7) is 10.1. The van der Waals surface area contributed by atoms with E-state index in [1.54, 1.807) is 0 Å². The van der Waals surface area contributed by atoms with Crippen molar-refractivity contribution in [2.45, 2.75) is 41.0 Å². The minimum Gasteiger partial charge on any atom is -0.399 e. The molecule has 0 atom stereocenters. The zero-order valence-electron chi connectivity index (χ0n) is 10.2. The molecule has 1 aromatic rings. The average Bonchev–Trinajstić information content (AvgIpc) is 2.25. The molecule has 14 heavy (non-hydrogen) atoms. The smallest absolute Gasteiger partial charge is 0.0314 e. The van der Waals surface area contributed by atoms with Gasteiger partial charge in [-0.15, -0.1) is 0 Å². The normalized spacial score (nSPS) is 6.93. The van der Waals surface area contributed by atoms with Gasteiger partial charge < -0.3 is 5.73 Å². The van der Waals surface area contributed by atoms with Crippen LogP contribution < -0.4 is 5.73 Å². The third-order valence-corrected chi connectivity index (χ3v) is 1.39. The molecule has 0 saturated heterocycles. The molecule has 2 N–H and O–H groups in total. The first-order chi connectivity index (χ1) is 6.33. The van der Waals surface area contributed by atoms with Crippen molar-refractivity contribution in [3.63, 3.8) is 0 Å². The largest absolute Gasteiger partial charge is 0.399 e. The van der Waals surface area contributed by atoms with Crippen molar-refractivity contribution in [1.82, 2.24) is 0 Å². The van der Waals surface area contributed by atoms with Crippen LogP contribution in [0.4, 0.5) is 5.69 Å². The number of hydrogen-bond donors (Lipinski definition) is 1. The van der Waals surface area contributed by atoms with E-state index in [2.05, 4.69) is 19.1 Å². The Morgan fingerprint density at radius 3 is 1.57 bits per heavy atom. The molecule has 1 nitrogen and oxygen atoms in total. The molecule has 0 saturated carbocycles. The second-order valence-electron chi connectivity index (χ2n) is 2.10. The number of nitrogens with two attached hydrogens (primary N) is 1. The van der Waals surface area contributed by atoms with Crippen LogP contribution in [0.5, 0.6) is 0 Å². The van der Waals surface area contributed by atoms with Crippen molar-refractivity contribution >= 4 is 5.69 Å². The van der Waals surface area contributed by atoms with Crippen LogP contribution in [0.2, 0.25) is 0 Å². The first-order valence-corrected chi connectivity index (χ1v) is 5.17. The number of hydrogen-bond acceptors (Lipinski definition) is 1. The molecular formula is C12H23NY. The van der Waals surface area contributed by atoms with Gasteiger partial charge in [0.2, 0.25) is 0 Å². The van der Waals surface area contributed by atoms with Crippen LogP contribution >= 0.6 is 0 Å². The standard InChI is InChI=1S/C8H11N.2C2H6.Y/c1-2-7-3-5-8(9)6-4-7;2*1-2;/h3-6H,2,9H2,1H3;2*1-2H3;. The molecule has 1 radical (unpaired) electrons. The maximum absolute atomic E-state index is 5.48. The molecule has 0 fully saturated rings. The zero-order chi connectivity index (χ0) is 10.7. The number of nitrogen functional groups attached to an aromatic ring is 1. The number of benzene rings is 1. The Kier molecular flexibility index (Phi) is 21.9. The Hall–Kier alpha value is 0.124. The van der Waals surface area contributed by atoms with Crippen molar-refractivity contribution in [2.75, 3.05) is 5.73 Å². The van der Waals surface area contributed by atoms with Crippen LogP contribution in [0.25, 0.3) is 0 Å². The Morgan fingerprint density at radius 2 is 1.29 bits per heavy atom. The summed E-state index contributed by atoms with van der Waals surface area (Å²) in [5, 5.41) is 0. The molecule has 0 spiro atoms. The van der Waals surface area contributed by atoms with Gasteiger partial charge in [-0.05, 0) is 24.1 Å². The summed E-state index contributed by atoms with van der Waals surface area (Å²) in [6, 6.07) is 7.96. The second kappa shape index (κ2) is 15.6. The quantitative estimate of drug-likeness (QED) is 0.770. The van der Waals surface area contributed by atoms with Gasteiger partial charge in [0.25, 0.3) is 0 Å². The topological polar surface area (TPSA) is 26.0 Å². The predicted octanol–water partition coefficient (Wildman–Crippen LogP) is 3.88. The van der Waals surface area contributed by atoms with E-state index < -0.39 is 0 Å². The molecule has 0 heterocycles. The fourth-order valence-electron chi connectivity index (χ4n) is 0.753. The summed E-state index contributed by atoms with van der Waals surface area (Å²) in [5.41, 5.74) is 7.66. The fourth-order valence-corrected chi connectivity index (χ4v) is 0.753. The molecule has 0 aromatic heterocycles. The van der Waals surface area contributed by atoms with E-state index in [0.717, 1.165) is 12.1 Å². The van der Waals surface area contributed by atoms with Gasteiger partial charge in [0, 0.05) is 38.4 Å². The van der Waals surface area contributed by atoms with Crippen molar-refractivity contribution in [3.8, 4) is 0 Å². The van der Waals surface area contributed by atoms with E-state index >= 15 is 0 Å². The van der Waals surface area contributed by atoms with Gasteiger partial charge in [-0.1, -0.05) is 46.8 Å². The third-order valence-electron chi connectivity index (χ3n) is 1.39. The van der Waals surface area contributed by atoms with Crippen LogP contribution in [0.3, 0.4) is 0 Å². The summed E-state index contributed by atoms with van der Waals surface area (Å²) >= 11 is 0. The van der Waals surface area contributed by atoms with Crippen molar-refractivity contribution in [2.24, 2.45) is 0 Å². The Bertz CT molecular complexity index is 182. The van der Waals surface area contributed by atoms with E-state index in [9.17, 15) is 0 Å². The molecule has 79 valence electrons. The third kappa shape index (κ3) is 10.2. The number of anilines is 1. The van der Waals surface area contributed by atoms with Gasteiger partial charge in [0.15, 0.2) is 0 Å². The van der Waals surface area contributed by atoms with Gasteiger partial charge in [0.1, 0.15) is 0 Å². The van der Waals surface area contributed by atoms with Gasteiger partial charge in [-0.2, -0.15) is 0 Å². The molecule has 0 aliphatic rings. The van der Waals surface area contributed by atoms with Crippen LogP contribution in [0, 0.1) is 0 Å². The summed E-state index contributed by atoms with van der Waals surface area (Å²) in [6.07, 6.45) is 1.08. The van der Waals surface area contributed by atoms with E-state index in [-0.39, 0.29) is 32.7 Å². The van der Waals surface area contributed by atoms with Gasteiger partial charge in [0.05, 0.1) is 0 Å². The monoisotopic (exact) mass is 270 g/mol. The number of aryl methyl sites for hydroxylation is 1. The van der Waals surface area contributed by atoms with Gasteiger partial charge >= 0.3 is 0 Å². The van der Waals surface area contributed by atoms with Crippen molar-refractivity contribution in [3.05, 3.63) is 29.8 Å². The molecule has 0 aliphatic carbocycles. The first-order valence-electron chi connectivity index (χ1n) is 5.17. The van der Waals surface area contributed by atoms with Gasteiger partial charge in [-0.25, -0.2) is 0 Å². The number of rotatable bonds is 1. The SMILES string of the molecule is CC.CC.CCc1ccc(N)cc1.[Y]. The first kappa shape index (κ1) is 19.7. The van der Waals surface area contributed by atoms with E-state index in [4.69, 9.17) is 5.73 Å². The van der Waals surface area contributed by atoms with E-state index in [0.29, 0.717) is 0 Å². The molecule has 0 amide bonds. The zero-order valence-corrected chi connectivity index (χ0v) is 13.0. The average molecular weight is 270 g/mol. The van der Waals surface area contributed by atoms with Crippen LogP contribution in [-0.2, 0) is 39.1 Å². The predicted molar refractivity (Wildman–Crippen MR) is 62.9 cm³/mol. The molecule has 0 unspecified atom stereocenters. The molecular weight excluding hydrogens is 247 g/mol. The molecule has 2 heteroatoms. The summed E-state index contributed by atoms with van der Waals surface area (Å²) in [7, 11) is 0. The van der Waals surface area contributed by atoms with Crippen LogP contribution in [0.15, 0.2) is 24.3 Å². The molecule has 0 bridgehead atoms. The minimum absolute atomic E-state index is 0. The van der Waals surface area contributed by atoms with Crippen molar-refractivity contribution < 1.29 is 32.7 Å². The minimum atomic E-state index is 0. The molecule has 1 rings (SSSR count). The summed E-state index contributed by atoms with van der Waals surface area (Å²) in [4.78, 5) is 0. The van der Waals surface area contributed by atoms with Crippen molar-refractivity contribution in [1.29, 1.82) is 0 Å². The van der Waals surface area contributed by atoms with E-state index in [1.807, 2.05) is 39.8 Å². The van der Waals surface area contributed by atoms with Crippen LogP contribution in [-0.4, -0.2) is 0 Å². The fraction of sp³-hybridized carbons (Fsp3) is 0.500.